The molecule has 0 aliphatic heterocycles. The summed E-state index contributed by atoms with van der Waals surface area (Å²) in [6, 6.07) is 7.39. The zero-order valence-corrected chi connectivity index (χ0v) is 18.6. The van der Waals surface area contributed by atoms with E-state index in [-0.39, 0.29) is 24.0 Å². The molecular formula is C20H19N5O4S2. The molecule has 160 valence electrons. The summed E-state index contributed by atoms with van der Waals surface area (Å²) in [5.41, 5.74) is 1.50. The number of nitrogens with one attached hydrogen (secondary N) is 2. The third-order valence-electron chi connectivity index (χ3n) is 4.10. The molecule has 0 bridgehead atoms. The Hall–Kier alpha value is -3.36. The smallest absolute Gasteiger partial charge is 0.347 e. The zero-order valence-electron chi connectivity index (χ0n) is 17.0. The second-order valence-electron chi connectivity index (χ2n) is 6.07. The molecule has 3 aromatic rings. The van der Waals surface area contributed by atoms with Gasteiger partial charge in [-0.15, -0.1) is 16.4 Å². The van der Waals surface area contributed by atoms with Crippen molar-refractivity contribution in [3.8, 4) is 17.1 Å². The Bertz CT molecular complexity index is 1150. The maximum atomic E-state index is 12.4. The van der Waals surface area contributed by atoms with Gasteiger partial charge >= 0.3 is 5.97 Å². The van der Waals surface area contributed by atoms with Gasteiger partial charge in [-0.3, -0.25) is 9.89 Å². The van der Waals surface area contributed by atoms with Gasteiger partial charge < -0.3 is 14.8 Å². The highest BCUT2D eigenvalue weighted by molar-refractivity contribution is 7.99. The first kappa shape index (κ1) is 22.3. The van der Waals surface area contributed by atoms with Crippen LogP contribution in [-0.2, 0) is 9.53 Å². The Morgan fingerprint density at radius 2 is 2.13 bits per heavy atom. The number of aromatic amines is 1. The average Bonchev–Trinajstić information content (AvgIpc) is 3.36. The number of hydrogen-bond acceptors (Lipinski definition) is 8. The highest BCUT2D eigenvalue weighted by Crippen LogP contribution is 2.40. The molecule has 2 aromatic heterocycles. The first-order valence-electron chi connectivity index (χ1n) is 9.14. The minimum atomic E-state index is -0.505. The summed E-state index contributed by atoms with van der Waals surface area (Å²) in [4.78, 5) is 32.6. The number of nitrogens with zero attached hydrogens (tertiary/aromatic N) is 3. The topological polar surface area (TPSA) is 111 Å². The molecule has 9 nitrogen and oxygen atoms in total. The lowest BCUT2D eigenvalue weighted by Crippen LogP contribution is -2.13. The van der Waals surface area contributed by atoms with Crippen LogP contribution in [0.3, 0.4) is 0 Å². The number of hydrogen-bond donors (Lipinski definition) is 2. The van der Waals surface area contributed by atoms with E-state index in [1.165, 1.54) is 0 Å². The number of thioether (sulfide) groups is 1. The number of methoxy groups -OCH3 is 1. The van der Waals surface area contributed by atoms with Crippen LogP contribution in [0.4, 0.5) is 10.7 Å². The molecule has 0 aliphatic rings. The van der Waals surface area contributed by atoms with Crippen LogP contribution in [0.2, 0.25) is 0 Å². The van der Waals surface area contributed by atoms with E-state index < -0.39 is 5.97 Å². The molecule has 0 atom stereocenters. The normalized spacial score (nSPS) is 10.4. The van der Waals surface area contributed by atoms with Gasteiger partial charge in [0.15, 0.2) is 5.82 Å². The largest absolute Gasteiger partial charge is 0.496 e. The van der Waals surface area contributed by atoms with Crippen LogP contribution < -0.4 is 10.1 Å². The second kappa shape index (κ2) is 10.1. The summed E-state index contributed by atoms with van der Waals surface area (Å²) < 4.78 is 10.3. The van der Waals surface area contributed by atoms with Crippen molar-refractivity contribution in [2.75, 3.05) is 24.8 Å². The molecule has 1 aromatic carbocycles. The van der Waals surface area contributed by atoms with E-state index in [0.29, 0.717) is 32.2 Å². The molecule has 0 fully saturated rings. The molecule has 0 spiro atoms. The summed E-state index contributed by atoms with van der Waals surface area (Å²) >= 11 is 2.18. The highest BCUT2D eigenvalue weighted by atomic mass is 32.2. The second-order valence-corrected chi connectivity index (χ2v) is 8.03. The van der Waals surface area contributed by atoms with Crippen molar-refractivity contribution >= 4 is 45.7 Å². The van der Waals surface area contributed by atoms with Gasteiger partial charge in [-0.25, -0.2) is 14.6 Å². The molecule has 1 amide bonds. The van der Waals surface area contributed by atoms with Crippen LogP contribution in [0.15, 0.2) is 29.4 Å². The monoisotopic (exact) mass is 457 g/mol. The molecule has 2 heterocycles. The number of carbonyl (C=O) groups excluding carboxylic acids is 2. The number of thiophene rings is 1. The summed E-state index contributed by atoms with van der Waals surface area (Å²) in [7, 11) is 1.58. The van der Waals surface area contributed by atoms with Crippen LogP contribution in [0.1, 0.15) is 22.2 Å². The molecule has 0 saturated heterocycles. The first-order chi connectivity index (χ1) is 15.0. The zero-order chi connectivity index (χ0) is 22.4. The molecule has 0 unspecified atom stereocenters. The molecule has 0 saturated carbocycles. The number of rotatable bonds is 8. The molecule has 11 heteroatoms. The lowest BCUT2D eigenvalue weighted by molar-refractivity contribution is -0.113. The number of anilines is 1. The van der Waals surface area contributed by atoms with Gasteiger partial charge in [-0.2, -0.15) is 0 Å². The number of esters is 1. The summed E-state index contributed by atoms with van der Waals surface area (Å²) in [6.45, 7) is 11.0. The van der Waals surface area contributed by atoms with E-state index in [4.69, 9.17) is 16.0 Å². The van der Waals surface area contributed by atoms with Gasteiger partial charge in [0.2, 0.25) is 16.8 Å². The lowest BCUT2D eigenvalue weighted by Gasteiger charge is -2.04. The predicted molar refractivity (Wildman–Crippen MR) is 119 cm³/mol. The molecule has 0 radical (unpaired) electrons. The van der Waals surface area contributed by atoms with E-state index in [0.717, 1.165) is 28.7 Å². The molecule has 0 aliphatic carbocycles. The van der Waals surface area contributed by atoms with Gasteiger partial charge in [0.25, 0.3) is 0 Å². The van der Waals surface area contributed by atoms with Crippen molar-refractivity contribution in [3.63, 3.8) is 0 Å². The van der Waals surface area contributed by atoms with E-state index in [9.17, 15) is 9.59 Å². The van der Waals surface area contributed by atoms with Crippen molar-refractivity contribution in [3.05, 3.63) is 46.1 Å². The fourth-order valence-electron chi connectivity index (χ4n) is 2.68. The maximum Gasteiger partial charge on any atom is 0.347 e. The Morgan fingerprint density at radius 3 is 2.84 bits per heavy atom. The summed E-state index contributed by atoms with van der Waals surface area (Å²) in [5.74, 6) is 0.380. The average molecular weight is 458 g/mol. The lowest BCUT2D eigenvalue weighted by atomic mass is 10.2. The molecule has 31 heavy (non-hydrogen) atoms. The predicted octanol–water partition coefficient (Wildman–Crippen LogP) is 4.31. The van der Waals surface area contributed by atoms with Crippen molar-refractivity contribution in [2.45, 2.75) is 19.0 Å². The number of para-hydroxylation sites is 1. The van der Waals surface area contributed by atoms with Crippen LogP contribution in [-0.4, -0.2) is 46.5 Å². The fraction of sp³-hybridized carbons (Fsp3) is 0.250. The SMILES string of the molecule is [C-]#[N+]c1c(NC(=O)CSc2n[nH]c(-c3ccccc3OC)n2)sc(C(=O)OCC)c1C. The minimum absolute atomic E-state index is 0.0341. The van der Waals surface area contributed by atoms with E-state index in [2.05, 4.69) is 25.3 Å². The standard InChI is InChI=1S/C20H19N5O4S2/c1-5-29-19(27)16-11(2)15(21-3)18(31-16)22-14(26)10-30-20-23-17(24-25-20)12-8-6-7-9-13(12)28-4/h6-9H,5,10H2,1-2,4H3,(H,22,26)(H,23,24,25). The Balaban J connectivity index is 1.66. The van der Waals surface area contributed by atoms with Crippen LogP contribution in [0.5, 0.6) is 5.75 Å². The molecule has 2 N–H and O–H groups in total. The van der Waals surface area contributed by atoms with E-state index in [1.807, 2.05) is 24.3 Å². The Labute approximate surface area is 187 Å². The van der Waals surface area contributed by atoms with Crippen molar-refractivity contribution in [1.29, 1.82) is 0 Å². The number of benzene rings is 1. The first-order valence-corrected chi connectivity index (χ1v) is 10.9. The number of carbonyl (C=O) groups is 2. The van der Waals surface area contributed by atoms with Gasteiger partial charge in [0.1, 0.15) is 15.6 Å². The summed E-state index contributed by atoms with van der Waals surface area (Å²) in [5, 5.41) is 10.4. The Kier molecular flexibility index (Phi) is 7.28. The highest BCUT2D eigenvalue weighted by Gasteiger charge is 2.22. The van der Waals surface area contributed by atoms with Gasteiger partial charge in [0.05, 0.1) is 31.6 Å². The van der Waals surface area contributed by atoms with Crippen molar-refractivity contribution < 1.29 is 19.1 Å². The molecule has 3 rings (SSSR count). The van der Waals surface area contributed by atoms with Crippen LogP contribution in [0, 0.1) is 13.5 Å². The van der Waals surface area contributed by atoms with Gasteiger partial charge in [-0.1, -0.05) is 23.9 Å². The number of aromatic nitrogens is 3. The number of H-pyrrole nitrogens is 1. The quantitative estimate of drug-likeness (QED) is 0.295. The van der Waals surface area contributed by atoms with Gasteiger partial charge in [-0.05, 0) is 31.5 Å². The van der Waals surface area contributed by atoms with Crippen LogP contribution >= 0.6 is 23.1 Å². The van der Waals surface area contributed by atoms with Crippen LogP contribution in [0.25, 0.3) is 16.2 Å². The fourth-order valence-corrected chi connectivity index (χ4v) is 4.33. The summed E-state index contributed by atoms with van der Waals surface area (Å²) in [6.07, 6.45) is 0. The molecular weight excluding hydrogens is 438 g/mol. The van der Waals surface area contributed by atoms with E-state index >= 15 is 0 Å². The third-order valence-corrected chi connectivity index (χ3v) is 6.12. The number of amides is 1. The minimum Gasteiger partial charge on any atom is -0.496 e. The maximum absolute atomic E-state index is 12.4. The third kappa shape index (κ3) is 5.04. The van der Waals surface area contributed by atoms with Gasteiger partial charge in [0, 0.05) is 0 Å². The van der Waals surface area contributed by atoms with E-state index in [1.54, 1.807) is 21.0 Å². The van der Waals surface area contributed by atoms with Crippen molar-refractivity contribution in [1.82, 2.24) is 15.2 Å². The number of ether oxygens (including phenoxy) is 2. The Morgan fingerprint density at radius 1 is 1.35 bits per heavy atom. The van der Waals surface area contributed by atoms with Crippen molar-refractivity contribution in [2.24, 2.45) is 0 Å².